The van der Waals surface area contributed by atoms with E-state index < -0.39 is 11.7 Å². The fraction of sp³-hybridized carbons (Fsp3) is 0.538. The lowest BCUT2D eigenvalue weighted by molar-refractivity contribution is -0.137. The van der Waals surface area contributed by atoms with E-state index in [0.717, 1.165) is 18.6 Å². The van der Waals surface area contributed by atoms with Gasteiger partial charge in [0.25, 0.3) is 0 Å². The van der Waals surface area contributed by atoms with Crippen LogP contribution >= 0.6 is 0 Å². The van der Waals surface area contributed by atoms with Crippen LogP contribution in [-0.2, 0) is 12.7 Å². The Morgan fingerprint density at radius 1 is 1.06 bits per heavy atom. The largest absolute Gasteiger partial charge is 0.416 e. The lowest BCUT2D eigenvalue weighted by Crippen LogP contribution is -2.30. The first-order chi connectivity index (χ1) is 8.10. The Labute approximate surface area is 106 Å². The highest BCUT2D eigenvalue weighted by atomic mass is 19.4. The molecule has 0 saturated carbocycles. The van der Waals surface area contributed by atoms with Crippen molar-refractivity contribution in [3.8, 4) is 0 Å². The normalized spacial score (nSPS) is 11.8. The summed E-state index contributed by atoms with van der Waals surface area (Å²) in [7, 11) is 0. The molecule has 0 atom stereocenters. The second kappa shape index (κ2) is 6.75. The highest BCUT2D eigenvalue weighted by Gasteiger charge is 2.29. The van der Waals surface area contributed by atoms with Gasteiger partial charge in [-0.1, -0.05) is 19.1 Å². The fourth-order valence-electron chi connectivity index (χ4n) is 0.830. The number of halogens is 3. The molecular formula is C13H21F3N2. The number of nitrogens with two attached hydrogens (primary N) is 2. The van der Waals surface area contributed by atoms with Gasteiger partial charge in [0, 0.05) is 12.1 Å². The molecule has 0 heterocycles. The Balaban J connectivity index is 0.000000411. The fourth-order valence-corrected chi connectivity index (χ4v) is 0.830. The first kappa shape index (κ1) is 16.9. The lowest BCUT2D eigenvalue weighted by Gasteiger charge is -2.13. The van der Waals surface area contributed by atoms with E-state index in [1.165, 1.54) is 12.1 Å². The Morgan fingerprint density at radius 3 is 1.67 bits per heavy atom. The highest BCUT2D eigenvalue weighted by Crippen LogP contribution is 2.28. The van der Waals surface area contributed by atoms with Gasteiger partial charge in [0.2, 0.25) is 0 Å². The standard InChI is InChI=1S/C8H8F3N.C5H13N/c9-8(10,11)7-3-1-6(5-12)2-4-7;1-4-5(2,3)6/h1-4H,5,12H2;4,6H2,1-3H3. The first-order valence-electron chi connectivity index (χ1n) is 5.75. The van der Waals surface area contributed by atoms with Gasteiger partial charge < -0.3 is 11.5 Å². The van der Waals surface area contributed by atoms with E-state index in [2.05, 4.69) is 6.92 Å². The SMILES string of the molecule is CCC(C)(C)N.NCc1ccc(C(F)(F)F)cc1. The van der Waals surface area contributed by atoms with E-state index >= 15 is 0 Å². The van der Waals surface area contributed by atoms with Crippen molar-refractivity contribution in [2.24, 2.45) is 11.5 Å². The monoisotopic (exact) mass is 262 g/mol. The molecule has 0 fully saturated rings. The molecule has 0 spiro atoms. The van der Waals surface area contributed by atoms with E-state index in [4.69, 9.17) is 11.5 Å². The zero-order valence-electron chi connectivity index (χ0n) is 11.0. The van der Waals surface area contributed by atoms with Crippen LogP contribution in [0.1, 0.15) is 38.3 Å². The molecule has 18 heavy (non-hydrogen) atoms. The topological polar surface area (TPSA) is 52.0 Å². The minimum Gasteiger partial charge on any atom is -0.326 e. The predicted octanol–water partition coefficient (Wildman–Crippen LogP) is 3.30. The number of hydrogen-bond donors (Lipinski definition) is 2. The maximum atomic E-state index is 12.0. The quantitative estimate of drug-likeness (QED) is 0.859. The summed E-state index contributed by atoms with van der Waals surface area (Å²) in [6.45, 7) is 6.39. The van der Waals surface area contributed by atoms with Gasteiger partial charge in [-0.3, -0.25) is 0 Å². The van der Waals surface area contributed by atoms with Gasteiger partial charge in [-0.2, -0.15) is 13.2 Å². The second-order valence-electron chi connectivity index (χ2n) is 4.74. The van der Waals surface area contributed by atoms with Crippen molar-refractivity contribution < 1.29 is 13.2 Å². The third-order valence-electron chi connectivity index (χ3n) is 2.43. The van der Waals surface area contributed by atoms with E-state index in [-0.39, 0.29) is 12.1 Å². The molecule has 0 radical (unpaired) electrons. The number of benzene rings is 1. The Bertz CT molecular complexity index is 337. The third-order valence-corrected chi connectivity index (χ3v) is 2.43. The lowest BCUT2D eigenvalue weighted by atomic mass is 10.1. The molecule has 0 aliphatic heterocycles. The summed E-state index contributed by atoms with van der Waals surface area (Å²) in [5.41, 5.74) is 10.9. The zero-order valence-corrected chi connectivity index (χ0v) is 11.0. The minimum atomic E-state index is -4.26. The molecule has 0 aliphatic rings. The Hall–Kier alpha value is -1.07. The molecule has 0 amide bonds. The average molecular weight is 262 g/mol. The molecule has 104 valence electrons. The number of rotatable bonds is 2. The molecule has 0 saturated heterocycles. The molecule has 1 aromatic rings. The molecule has 0 unspecified atom stereocenters. The Kier molecular flexibility index (Phi) is 6.35. The molecule has 0 aromatic heterocycles. The third kappa shape index (κ3) is 7.29. The molecule has 0 bridgehead atoms. The molecule has 4 N–H and O–H groups in total. The molecule has 1 rings (SSSR count). The van der Waals surface area contributed by atoms with Crippen molar-refractivity contribution in [1.82, 2.24) is 0 Å². The van der Waals surface area contributed by atoms with Gasteiger partial charge in [-0.15, -0.1) is 0 Å². The van der Waals surface area contributed by atoms with Crippen LogP contribution in [0.5, 0.6) is 0 Å². The van der Waals surface area contributed by atoms with Crippen molar-refractivity contribution in [3.05, 3.63) is 35.4 Å². The smallest absolute Gasteiger partial charge is 0.326 e. The van der Waals surface area contributed by atoms with Crippen LogP contribution in [0, 0.1) is 0 Å². The van der Waals surface area contributed by atoms with Crippen molar-refractivity contribution in [2.45, 2.75) is 45.5 Å². The minimum absolute atomic E-state index is 0.0417. The molecule has 5 heteroatoms. The van der Waals surface area contributed by atoms with E-state index in [9.17, 15) is 13.2 Å². The summed E-state index contributed by atoms with van der Waals surface area (Å²) in [5, 5.41) is 0. The van der Waals surface area contributed by atoms with E-state index in [1.54, 1.807) is 0 Å². The van der Waals surface area contributed by atoms with Crippen LogP contribution in [0.3, 0.4) is 0 Å². The van der Waals surface area contributed by atoms with Crippen molar-refractivity contribution in [2.75, 3.05) is 0 Å². The van der Waals surface area contributed by atoms with Gasteiger partial charge in [0.05, 0.1) is 5.56 Å². The van der Waals surface area contributed by atoms with Crippen LogP contribution < -0.4 is 11.5 Å². The average Bonchev–Trinajstić information content (AvgIpc) is 2.28. The molecule has 1 aromatic carbocycles. The summed E-state index contributed by atoms with van der Waals surface area (Å²) in [4.78, 5) is 0. The van der Waals surface area contributed by atoms with Gasteiger partial charge >= 0.3 is 6.18 Å². The number of hydrogen-bond acceptors (Lipinski definition) is 2. The van der Waals surface area contributed by atoms with Gasteiger partial charge in [-0.25, -0.2) is 0 Å². The molecule has 0 aliphatic carbocycles. The molecular weight excluding hydrogens is 241 g/mol. The second-order valence-corrected chi connectivity index (χ2v) is 4.74. The Morgan fingerprint density at radius 2 is 1.44 bits per heavy atom. The van der Waals surface area contributed by atoms with E-state index in [1.807, 2.05) is 13.8 Å². The van der Waals surface area contributed by atoms with Crippen LogP contribution in [0.25, 0.3) is 0 Å². The zero-order chi connectivity index (χ0) is 14.4. The van der Waals surface area contributed by atoms with E-state index in [0.29, 0.717) is 5.56 Å². The van der Waals surface area contributed by atoms with Crippen molar-refractivity contribution in [1.29, 1.82) is 0 Å². The highest BCUT2D eigenvalue weighted by molar-refractivity contribution is 5.24. The van der Waals surface area contributed by atoms with Crippen LogP contribution in [-0.4, -0.2) is 5.54 Å². The predicted molar refractivity (Wildman–Crippen MR) is 67.9 cm³/mol. The summed E-state index contributed by atoms with van der Waals surface area (Å²) >= 11 is 0. The first-order valence-corrected chi connectivity index (χ1v) is 5.75. The summed E-state index contributed by atoms with van der Waals surface area (Å²) in [6.07, 6.45) is -3.21. The van der Waals surface area contributed by atoms with Crippen LogP contribution in [0.2, 0.25) is 0 Å². The van der Waals surface area contributed by atoms with Crippen molar-refractivity contribution in [3.63, 3.8) is 0 Å². The molecule has 2 nitrogen and oxygen atoms in total. The van der Waals surface area contributed by atoms with Gasteiger partial charge in [-0.05, 0) is 38.0 Å². The maximum Gasteiger partial charge on any atom is 0.416 e. The maximum absolute atomic E-state index is 12.0. The summed E-state index contributed by atoms with van der Waals surface area (Å²) < 4.78 is 36.0. The van der Waals surface area contributed by atoms with Gasteiger partial charge in [0.15, 0.2) is 0 Å². The van der Waals surface area contributed by atoms with Crippen molar-refractivity contribution >= 4 is 0 Å². The van der Waals surface area contributed by atoms with Crippen LogP contribution in [0.15, 0.2) is 24.3 Å². The van der Waals surface area contributed by atoms with Crippen LogP contribution in [0.4, 0.5) is 13.2 Å². The number of alkyl halides is 3. The summed E-state index contributed by atoms with van der Waals surface area (Å²) in [6, 6.07) is 4.82. The van der Waals surface area contributed by atoms with Gasteiger partial charge in [0.1, 0.15) is 0 Å². The summed E-state index contributed by atoms with van der Waals surface area (Å²) in [5.74, 6) is 0.